The minimum absolute atomic E-state index is 0.107. The van der Waals surface area contributed by atoms with Crippen molar-refractivity contribution in [3.05, 3.63) is 52.2 Å². The molecule has 0 saturated heterocycles. The monoisotopic (exact) mass is 287 g/mol. The molecule has 2 N–H and O–H groups in total. The van der Waals surface area contributed by atoms with Crippen LogP contribution in [0.15, 0.2) is 30.3 Å². The van der Waals surface area contributed by atoms with E-state index in [9.17, 15) is 4.79 Å². The highest BCUT2D eigenvalue weighted by Gasteiger charge is 2.08. The van der Waals surface area contributed by atoms with Gasteiger partial charge in [-0.15, -0.1) is 0 Å². The van der Waals surface area contributed by atoms with Crippen molar-refractivity contribution < 1.29 is 9.90 Å². The molecule has 100 valence electrons. The molecular weight excluding hydrogens is 278 g/mol. The van der Waals surface area contributed by atoms with Crippen LogP contribution in [0.25, 0.3) is 0 Å². The summed E-state index contributed by atoms with van der Waals surface area (Å²) in [5.74, 6) is -0.564. The third-order valence-corrected chi connectivity index (χ3v) is 2.87. The van der Waals surface area contributed by atoms with Crippen LogP contribution >= 0.6 is 11.6 Å². The topological polar surface area (TPSA) is 86.0 Å². The van der Waals surface area contributed by atoms with E-state index >= 15 is 0 Å². The molecule has 0 radical (unpaired) electrons. The standard InChI is InChI=1S/C14H10ClN3O2/c1-8-4-9(7-16)5-13(17-8)18-12-3-2-10(14(19)20)6-11(12)15/h2-6H,1H3,(H,17,18)(H,19,20). The van der Waals surface area contributed by atoms with Crippen LogP contribution in [0.2, 0.25) is 5.02 Å². The van der Waals surface area contributed by atoms with Gasteiger partial charge in [0, 0.05) is 5.69 Å². The van der Waals surface area contributed by atoms with Gasteiger partial charge in [-0.3, -0.25) is 0 Å². The lowest BCUT2D eigenvalue weighted by atomic mass is 10.2. The Bertz CT molecular complexity index is 723. The fourth-order valence-electron chi connectivity index (χ4n) is 1.68. The highest BCUT2D eigenvalue weighted by Crippen LogP contribution is 2.26. The molecule has 0 amide bonds. The number of nitrogens with one attached hydrogen (secondary N) is 1. The van der Waals surface area contributed by atoms with Gasteiger partial charge >= 0.3 is 5.97 Å². The number of aromatic carboxylic acids is 1. The lowest BCUT2D eigenvalue weighted by molar-refractivity contribution is 0.0697. The second-order valence-electron chi connectivity index (χ2n) is 4.12. The van der Waals surface area contributed by atoms with Gasteiger partial charge in [0.2, 0.25) is 0 Å². The number of carboxylic acid groups (broad SMARTS) is 1. The van der Waals surface area contributed by atoms with E-state index < -0.39 is 5.97 Å². The molecule has 0 bridgehead atoms. The van der Waals surface area contributed by atoms with Gasteiger partial charge in [-0.05, 0) is 37.3 Å². The molecular formula is C14H10ClN3O2. The maximum Gasteiger partial charge on any atom is 0.335 e. The fourth-order valence-corrected chi connectivity index (χ4v) is 1.91. The SMILES string of the molecule is Cc1cc(C#N)cc(Nc2ccc(C(=O)O)cc2Cl)n1. The van der Waals surface area contributed by atoms with Crippen LogP contribution in [0.5, 0.6) is 0 Å². The van der Waals surface area contributed by atoms with E-state index in [1.807, 2.05) is 6.07 Å². The molecule has 5 nitrogen and oxygen atoms in total. The number of benzene rings is 1. The molecule has 0 spiro atoms. The largest absolute Gasteiger partial charge is 0.478 e. The van der Waals surface area contributed by atoms with Gasteiger partial charge in [-0.25, -0.2) is 9.78 Å². The first-order chi connectivity index (χ1) is 9.49. The predicted octanol–water partition coefficient (Wildman–Crippen LogP) is 3.36. The molecule has 1 heterocycles. The summed E-state index contributed by atoms with van der Waals surface area (Å²) in [7, 11) is 0. The summed E-state index contributed by atoms with van der Waals surface area (Å²) in [4.78, 5) is 15.1. The second-order valence-corrected chi connectivity index (χ2v) is 4.53. The Labute approximate surface area is 120 Å². The first-order valence-corrected chi connectivity index (χ1v) is 6.06. The summed E-state index contributed by atoms with van der Waals surface area (Å²) < 4.78 is 0. The van der Waals surface area contributed by atoms with E-state index in [0.29, 0.717) is 22.8 Å². The molecule has 0 saturated carbocycles. The first-order valence-electron chi connectivity index (χ1n) is 5.68. The Morgan fingerprint density at radius 3 is 2.75 bits per heavy atom. The van der Waals surface area contributed by atoms with Gasteiger partial charge < -0.3 is 10.4 Å². The zero-order valence-corrected chi connectivity index (χ0v) is 11.3. The van der Waals surface area contributed by atoms with Crippen LogP contribution in [0.3, 0.4) is 0 Å². The van der Waals surface area contributed by atoms with Crippen molar-refractivity contribution in [2.45, 2.75) is 6.92 Å². The van der Waals surface area contributed by atoms with Crippen LogP contribution in [0.4, 0.5) is 11.5 Å². The maximum absolute atomic E-state index is 10.8. The summed E-state index contributed by atoms with van der Waals surface area (Å²) in [6.45, 7) is 1.78. The average Bonchev–Trinajstić information content (AvgIpc) is 2.40. The second kappa shape index (κ2) is 5.59. The molecule has 2 rings (SSSR count). The van der Waals surface area contributed by atoms with Gasteiger partial charge in [0.25, 0.3) is 0 Å². The Morgan fingerprint density at radius 1 is 1.40 bits per heavy atom. The molecule has 0 aliphatic heterocycles. The number of nitrogens with zero attached hydrogens (tertiary/aromatic N) is 2. The van der Waals surface area contributed by atoms with E-state index in [0.717, 1.165) is 0 Å². The molecule has 0 aliphatic carbocycles. The summed E-state index contributed by atoms with van der Waals surface area (Å²) in [5.41, 5.74) is 1.82. The van der Waals surface area contributed by atoms with Gasteiger partial charge in [0.05, 0.1) is 27.9 Å². The van der Waals surface area contributed by atoms with Crippen LogP contribution in [0.1, 0.15) is 21.6 Å². The predicted molar refractivity (Wildman–Crippen MR) is 75.4 cm³/mol. The molecule has 0 aliphatic rings. The summed E-state index contributed by atoms with van der Waals surface area (Å²) in [6, 6.07) is 9.65. The number of anilines is 2. The Hall–Kier alpha value is -2.58. The van der Waals surface area contributed by atoms with E-state index in [1.165, 1.54) is 12.1 Å². The van der Waals surface area contributed by atoms with Crippen molar-refractivity contribution in [2.24, 2.45) is 0 Å². The molecule has 1 aromatic heterocycles. The minimum Gasteiger partial charge on any atom is -0.478 e. The van der Waals surface area contributed by atoms with Crippen LogP contribution in [-0.2, 0) is 0 Å². The smallest absolute Gasteiger partial charge is 0.335 e. The van der Waals surface area contributed by atoms with Gasteiger partial charge in [0.1, 0.15) is 5.82 Å². The number of carboxylic acids is 1. The minimum atomic E-state index is -1.04. The van der Waals surface area contributed by atoms with E-state index in [1.54, 1.807) is 25.1 Å². The number of halogens is 1. The molecule has 1 aromatic carbocycles. The number of rotatable bonds is 3. The third-order valence-electron chi connectivity index (χ3n) is 2.56. The summed E-state index contributed by atoms with van der Waals surface area (Å²) in [5, 5.41) is 21.0. The molecule has 20 heavy (non-hydrogen) atoms. The first kappa shape index (κ1) is 13.8. The van der Waals surface area contributed by atoms with Gasteiger partial charge in [0.15, 0.2) is 0 Å². The summed E-state index contributed by atoms with van der Waals surface area (Å²) >= 11 is 6.02. The number of hydrogen-bond donors (Lipinski definition) is 2. The van der Waals surface area contributed by atoms with Gasteiger partial charge in [-0.1, -0.05) is 11.6 Å². The zero-order valence-electron chi connectivity index (χ0n) is 10.5. The molecule has 0 atom stereocenters. The van der Waals surface area contributed by atoms with Crippen molar-refractivity contribution >= 4 is 29.1 Å². The normalized spacial score (nSPS) is 9.85. The van der Waals surface area contributed by atoms with E-state index in [-0.39, 0.29) is 10.6 Å². The molecule has 0 unspecified atom stereocenters. The maximum atomic E-state index is 10.8. The van der Waals surface area contributed by atoms with E-state index in [2.05, 4.69) is 10.3 Å². The van der Waals surface area contributed by atoms with Crippen molar-refractivity contribution in [2.75, 3.05) is 5.32 Å². The molecule has 2 aromatic rings. The van der Waals surface area contributed by atoms with E-state index in [4.69, 9.17) is 22.0 Å². The van der Waals surface area contributed by atoms with Crippen molar-refractivity contribution in [3.63, 3.8) is 0 Å². The molecule has 6 heteroatoms. The number of carbonyl (C=O) groups is 1. The summed E-state index contributed by atoms with van der Waals surface area (Å²) in [6.07, 6.45) is 0. The number of aromatic nitrogens is 1. The van der Waals surface area contributed by atoms with Crippen LogP contribution in [-0.4, -0.2) is 16.1 Å². The molecule has 0 fully saturated rings. The third kappa shape index (κ3) is 3.05. The number of pyridine rings is 1. The van der Waals surface area contributed by atoms with Crippen molar-refractivity contribution in [3.8, 4) is 6.07 Å². The van der Waals surface area contributed by atoms with Crippen LogP contribution < -0.4 is 5.32 Å². The highest BCUT2D eigenvalue weighted by molar-refractivity contribution is 6.33. The highest BCUT2D eigenvalue weighted by atomic mass is 35.5. The average molecular weight is 288 g/mol. The lowest BCUT2D eigenvalue weighted by Gasteiger charge is -2.09. The number of aryl methyl sites for hydroxylation is 1. The number of nitriles is 1. The van der Waals surface area contributed by atoms with Crippen molar-refractivity contribution in [1.82, 2.24) is 4.98 Å². The Kier molecular flexibility index (Phi) is 3.87. The van der Waals surface area contributed by atoms with Crippen LogP contribution in [0, 0.1) is 18.3 Å². The quantitative estimate of drug-likeness (QED) is 0.904. The lowest BCUT2D eigenvalue weighted by Crippen LogP contribution is -1.99. The van der Waals surface area contributed by atoms with Gasteiger partial charge in [-0.2, -0.15) is 5.26 Å². The Morgan fingerprint density at radius 2 is 2.15 bits per heavy atom. The Balaban J connectivity index is 2.33. The van der Waals surface area contributed by atoms with Crippen molar-refractivity contribution in [1.29, 1.82) is 5.26 Å². The zero-order chi connectivity index (χ0) is 14.7. The number of hydrogen-bond acceptors (Lipinski definition) is 4. The fraction of sp³-hybridized carbons (Fsp3) is 0.0714.